The summed E-state index contributed by atoms with van der Waals surface area (Å²) in [4.78, 5) is 66.5. The van der Waals surface area contributed by atoms with Gasteiger partial charge in [-0.05, 0) is 36.8 Å². The van der Waals surface area contributed by atoms with Gasteiger partial charge >= 0.3 is 16.3 Å². The minimum absolute atomic E-state index is 0.0102. The number of pyridine rings is 1. The maximum absolute atomic E-state index is 14.5. The number of ether oxygens (including phenoxy) is 3. The molecule has 1 saturated carbocycles. The van der Waals surface area contributed by atoms with Crippen LogP contribution in [-0.4, -0.2) is 104 Å². The van der Waals surface area contributed by atoms with Crippen molar-refractivity contribution in [3.05, 3.63) is 67.3 Å². The topological polar surface area (TPSA) is 195 Å². The highest BCUT2D eigenvalue weighted by atomic mass is 32.2. The molecule has 3 N–H and O–H groups in total. The first-order valence-electron chi connectivity index (χ1n) is 18.4. The van der Waals surface area contributed by atoms with Crippen LogP contribution in [0.3, 0.4) is 0 Å². The van der Waals surface area contributed by atoms with Gasteiger partial charge in [0, 0.05) is 42.0 Å². The zero-order chi connectivity index (χ0) is 40.4. The molecule has 0 spiro atoms. The molecule has 300 valence electrons. The maximum atomic E-state index is 14.5. The number of methoxy groups -OCH3 is 2. The van der Waals surface area contributed by atoms with Crippen LogP contribution < -0.4 is 24.8 Å². The first kappa shape index (κ1) is 40.4. The highest BCUT2D eigenvalue weighted by molar-refractivity contribution is 7.87. The van der Waals surface area contributed by atoms with E-state index in [0.29, 0.717) is 40.9 Å². The minimum Gasteiger partial charge on any atom is -0.497 e. The number of nitrogens with one attached hydrogen (secondary N) is 3. The SMILES string of the molecule is C=CC1C[C@]1(NC(=O)[C@@H]1C[C@@H](Oc2cc(-c3ccccc3)nc3cc(OC)ccc23)CN1C(=O)[C@@H](NC(=O)OC)C(C)(C)C)C(=O)NS(=O)(=O)N1CCCCO1. The predicted octanol–water partition coefficient (Wildman–Crippen LogP) is 3.48. The summed E-state index contributed by atoms with van der Waals surface area (Å²) in [5.41, 5.74) is -0.430. The largest absolute Gasteiger partial charge is 0.497 e. The second kappa shape index (κ2) is 16.1. The summed E-state index contributed by atoms with van der Waals surface area (Å²) in [5.74, 6) is -1.81. The number of carbonyl (C=O) groups excluding carboxylic acids is 4. The third-order valence-corrected chi connectivity index (χ3v) is 11.5. The molecule has 5 atom stereocenters. The van der Waals surface area contributed by atoms with Crippen molar-refractivity contribution < 1.29 is 46.6 Å². The maximum Gasteiger partial charge on any atom is 0.407 e. The molecule has 2 aromatic carbocycles. The molecular formula is C39H48N6O10S. The third-order valence-electron chi connectivity index (χ3n) is 10.3. The van der Waals surface area contributed by atoms with E-state index in [4.69, 9.17) is 24.0 Å². The number of nitrogens with zero attached hydrogens (tertiary/aromatic N) is 3. The molecule has 56 heavy (non-hydrogen) atoms. The summed E-state index contributed by atoms with van der Waals surface area (Å²) < 4.78 is 45.9. The summed E-state index contributed by atoms with van der Waals surface area (Å²) in [5, 5.41) is 6.05. The number of alkyl carbamates (subject to hydrolysis) is 1. The molecule has 0 radical (unpaired) electrons. The van der Waals surface area contributed by atoms with E-state index < -0.39 is 69.1 Å². The minimum atomic E-state index is -4.39. The Labute approximate surface area is 326 Å². The van der Waals surface area contributed by atoms with Crippen molar-refractivity contribution in [2.75, 3.05) is 33.9 Å². The number of carbonyl (C=O) groups is 4. The fourth-order valence-corrected chi connectivity index (χ4v) is 8.16. The zero-order valence-electron chi connectivity index (χ0n) is 32.1. The van der Waals surface area contributed by atoms with E-state index in [1.807, 2.05) is 36.4 Å². The van der Waals surface area contributed by atoms with E-state index in [-0.39, 0.29) is 32.5 Å². The van der Waals surface area contributed by atoms with Crippen LogP contribution in [0.25, 0.3) is 22.2 Å². The molecular weight excluding hydrogens is 745 g/mol. The van der Waals surface area contributed by atoms with Crippen LogP contribution in [0.15, 0.2) is 67.3 Å². The van der Waals surface area contributed by atoms with Gasteiger partial charge in [-0.25, -0.2) is 14.5 Å². The van der Waals surface area contributed by atoms with Crippen molar-refractivity contribution in [3.8, 4) is 22.8 Å². The fraction of sp³-hybridized carbons (Fsp3) is 0.462. The van der Waals surface area contributed by atoms with E-state index in [1.54, 1.807) is 46.1 Å². The molecule has 17 heteroatoms. The average molecular weight is 793 g/mol. The molecule has 3 aliphatic rings. The lowest BCUT2D eigenvalue weighted by Gasteiger charge is -2.35. The lowest BCUT2D eigenvalue weighted by Crippen LogP contribution is -2.60. The Bertz CT molecular complexity index is 2100. The van der Waals surface area contributed by atoms with Crippen LogP contribution in [0.2, 0.25) is 0 Å². The van der Waals surface area contributed by atoms with Gasteiger partial charge in [-0.1, -0.05) is 61.6 Å². The molecule has 4 amide bonds. The van der Waals surface area contributed by atoms with Crippen molar-refractivity contribution in [1.82, 2.24) is 29.7 Å². The van der Waals surface area contributed by atoms with Gasteiger partial charge in [-0.15, -0.1) is 6.58 Å². The number of likely N-dealkylation sites (tertiary alicyclic amines) is 1. The molecule has 3 aromatic rings. The van der Waals surface area contributed by atoms with E-state index in [0.717, 1.165) is 10.0 Å². The molecule has 3 fully saturated rings. The Kier molecular flexibility index (Phi) is 11.6. The molecule has 6 rings (SSSR count). The van der Waals surface area contributed by atoms with E-state index in [2.05, 4.69) is 21.9 Å². The predicted molar refractivity (Wildman–Crippen MR) is 205 cm³/mol. The molecule has 2 aliphatic heterocycles. The molecule has 16 nitrogen and oxygen atoms in total. The van der Waals surface area contributed by atoms with Crippen molar-refractivity contribution in [2.45, 2.75) is 70.2 Å². The average Bonchev–Trinajstić information content (AvgIpc) is 3.75. The monoisotopic (exact) mass is 792 g/mol. The van der Waals surface area contributed by atoms with Gasteiger partial charge in [-0.2, -0.15) is 8.42 Å². The Hall–Kier alpha value is -5.26. The van der Waals surface area contributed by atoms with Gasteiger partial charge < -0.3 is 29.7 Å². The smallest absolute Gasteiger partial charge is 0.407 e. The number of rotatable bonds is 12. The summed E-state index contributed by atoms with van der Waals surface area (Å²) in [7, 11) is -1.65. The van der Waals surface area contributed by atoms with Crippen LogP contribution >= 0.6 is 0 Å². The van der Waals surface area contributed by atoms with Crippen LogP contribution in [0.5, 0.6) is 11.5 Å². The Morgan fingerprint density at radius 1 is 1.07 bits per heavy atom. The van der Waals surface area contributed by atoms with E-state index >= 15 is 0 Å². The van der Waals surface area contributed by atoms with E-state index in [9.17, 15) is 27.6 Å². The van der Waals surface area contributed by atoms with Gasteiger partial charge in [0.15, 0.2) is 0 Å². The zero-order valence-corrected chi connectivity index (χ0v) is 32.9. The Morgan fingerprint density at radius 3 is 2.45 bits per heavy atom. The first-order valence-corrected chi connectivity index (χ1v) is 19.8. The number of hydrogen-bond acceptors (Lipinski definition) is 11. The second-order valence-electron chi connectivity index (χ2n) is 15.2. The number of amides is 4. The second-order valence-corrected chi connectivity index (χ2v) is 16.7. The van der Waals surface area contributed by atoms with Crippen LogP contribution in [0.1, 0.15) is 46.5 Å². The Morgan fingerprint density at radius 2 is 1.82 bits per heavy atom. The van der Waals surface area contributed by atoms with Crippen LogP contribution in [-0.2, 0) is 34.2 Å². The number of benzene rings is 2. The van der Waals surface area contributed by atoms with Crippen molar-refractivity contribution in [2.24, 2.45) is 11.3 Å². The highest BCUT2D eigenvalue weighted by Gasteiger charge is 2.62. The van der Waals surface area contributed by atoms with Gasteiger partial charge in [0.2, 0.25) is 11.8 Å². The summed E-state index contributed by atoms with van der Waals surface area (Å²) in [6.45, 7) is 9.24. The molecule has 1 unspecified atom stereocenters. The van der Waals surface area contributed by atoms with Gasteiger partial charge in [-0.3, -0.25) is 19.2 Å². The third kappa shape index (κ3) is 8.44. The molecule has 2 saturated heterocycles. The van der Waals surface area contributed by atoms with Crippen molar-refractivity contribution >= 4 is 44.9 Å². The lowest BCUT2D eigenvalue weighted by atomic mass is 9.85. The van der Waals surface area contributed by atoms with Crippen molar-refractivity contribution in [3.63, 3.8) is 0 Å². The normalized spacial score (nSPS) is 23.1. The van der Waals surface area contributed by atoms with Gasteiger partial charge in [0.05, 0.1) is 38.6 Å². The molecule has 1 aliphatic carbocycles. The summed E-state index contributed by atoms with van der Waals surface area (Å²) in [6.07, 6.45) is 1.18. The van der Waals surface area contributed by atoms with Crippen LogP contribution in [0.4, 0.5) is 4.79 Å². The molecule has 1 aromatic heterocycles. The number of aromatic nitrogens is 1. The summed E-state index contributed by atoms with van der Waals surface area (Å²) >= 11 is 0. The highest BCUT2D eigenvalue weighted by Crippen LogP contribution is 2.45. The molecule has 0 bridgehead atoms. The summed E-state index contributed by atoms with van der Waals surface area (Å²) in [6, 6.07) is 14.4. The quantitative estimate of drug-likeness (QED) is 0.227. The van der Waals surface area contributed by atoms with Crippen LogP contribution in [0, 0.1) is 11.3 Å². The number of fused-ring (bicyclic) bond motifs is 1. The molecule has 3 heterocycles. The lowest BCUT2D eigenvalue weighted by molar-refractivity contribution is -0.143. The Balaban J connectivity index is 1.33. The first-order chi connectivity index (χ1) is 26.6. The number of hydroxylamine groups is 1. The number of hydrogen-bond donors (Lipinski definition) is 3. The van der Waals surface area contributed by atoms with Gasteiger partial charge in [0.25, 0.3) is 5.91 Å². The fourth-order valence-electron chi connectivity index (χ4n) is 7.06. The van der Waals surface area contributed by atoms with Crippen molar-refractivity contribution in [1.29, 1.82) is 0 Å². The van der Waals surface area contributed by atoms with Gasteiger partial charge in [0.1, 0.15) is 35.2 Å². The van der Waals surface area contributed by atoms with E-state index in [1.165, 1.54) is 18.1 Å². The standard InChI is InChI=1S/C39H48N6O10S/c1-7-25-22-39(25,36(48)43-56(50,51)45-17-11-12-18-54-45)42-34(46)31-20-27(23-44(31)35(47)33(38(2,3)4)41-37(49)53-6)55-32-21-29(24-13-9-8-10-14-24)40-30-19-26(52-5)15-16-28(30)32/h7-10,13-16,19,21,25,27,31,33H,1,11-12,17-18,20,22-23H2,2-6H3,(H,41,49)(H,42,46)(H,43,48)/t25?,27-,31+,33-,39-/m1/s1.